The van der Waals surface area contributed by atoms with Crippen LogP contribution in [0.2, 0.25) is 0 Å². The van der Waals surface area contributed by atoms with Crippen LogP contribution in [0.15, 0.2) is 42.5 Å². The van der Waals surface area contributed by atoms with Gasteiger partial charge in [0.2, 0.25) is 5.91 Å². The quantitative estimate of drug-likeness (QED) is 0.853. The maximum absolute atomic E-state index is 12.8. The third-order valence-corrected chi connectivity index (χ3v) is 5.22. The van der Waals surface area contributed by atoms with Crippen LogP contribution in [0.25, 0.3) is 0 Å². The molecule has 1 saturated heterocycles. The van der Waals surface area contributed by atoms with Gasteiger partial charge >= 0.3 is 0 Å². The molecule has 2 aromatic carbocycles. The lowest BCUT2D eigenvalue weighted by molar-refractivity contribution is 0.0635. The monoisotopic (exact) mass is 379 g/mol. The summed E-state index contributed by atoms with van der Waals surface area (Å²) >= 11 is 0. The van der Waals surface area contributed by atoms with E-state index in [4.69, 9.17) is 5.73 Å². The summed E-state index contributed by atoms with van der Waals surface area (Å²) in [5.74, 6) is -0.788. The number of carbonyl (C=O) groups is 3. The highest BCUT2D eigenvalue weighted by Gasteiger charge is 2.24. The molecule has 6 nitrogen and oxygen atoms in total. The number of likely N-dealkylation sites (tertiary alicyclic amines) is 1. The zero-order valence-corrected chi connectivity index (χ0v) is 16.2. The summed E-state index contributed by atoms with van der Waals surface area (Å²) in [7, 11) is 0. The Balaban J connectivity index is 1.72. The Bertz CT molecular complexity index is 906. The fourth-order valence-corrected chi connectivity index (χ4v) is 3.48. The largest absolute Gasteiger partial charge is 0.366 e. The predicted octanol–water partition coefficient (Wildman–Crippen LogP) is 3.36. The molecule has 146 valence electrons. The van der Waals surface area contributed by atoms with E-state index in [2.05, 4.69) is 12.2 Å². The minimum Gasteiger partial charge on any atom is -0.366 e. The van der Waals surface area contributed by atoms with Gasteiger partial charge in [-0.25, -0.2) is 0 Å². The Hall–Kier alpha value is -3.15. The van der Waals surface area contributed by atoms with Crippen molar-refractivity contribution < 1.29 is 14.4 Å². The Morgan fingerprint density at radius 1 is 1.00 bits per heavy atom. The van der Waals surface area contributed by atoms with Crippen LogP contribution >= 0.6 is 0 Å². The first-order chi connectivity index (χ1) is 13.4. The summed E-state index contributed by atoms with van der Waals surface area (Å²) in [6.45, 7) is 4.74. The molecule has 1 heterocycles. The topological polar surface area (TPSA) is 92.5 Å². The van der Waals surface area contributed by atoms with Gasteiger partial charge in [0.05, 0.1) is 0 Å². The van der Waals surface area contributed by atoms with Gasteiger partial charge in [0.15, 0.2) is 0 Å². The first kappa shape index (κ1) is 19.6. The summed E-state index contributed by atoms with van der Waals surface area (Å²) in [4.78, 5) is 38.3. The molecule has 0 spiro atoms. The number of nitrogens with zero attached hydrogens (tertiary/aromatic N) is 1. The fourth-order valence-electron chi connectivity index (χ4n) is 3.48. The van der Waals surface area contributed by atoms with E-state index in [0.29, 0.717) is 22.4 Å². The Kier molecular flexibility index (Phi) is 5.78. The van der Waals surface area contributed by atoms with Crippen molar-refractivity contribution >= 4 is 23.4 Å². The van der Waals surface area contributed by atoms with Crippen LogP contribution in [-0.2, 0) is 0 Å². The number of nitrogens with one attached hydrogen (secondary N) is 1. The van der Waals surface area contributed by atoms with E-state index in [0.717, 1.165) is 31.4 Å². The van der Waals surface area contributed by atoms with Gasteiger partial charge < -0.3 is 16.0 Å². The van der Waals surface area contributed by atoms with Gasteiger partial charge in [0.1, 0.15) is 0 Å². The van der Waals surface area contributed by atoms with Crippen LogP contribution in [0.5, 0.6) is 0 Å². The van der Waals surface area contributed by atoms with E-state index in [-0.39, 0.29) is 17.9 Å². The van der Waals surface area contributed by atoms with E-state index in [1.54, 1.807) is 24.3 Å². The van der Waals surface area contributed by atoms with Crippen molar-refractivity contribution in [3.8, 4) is 0 Å². The Morgan fingerprint density at radius 2 is 1.64 bits per heavy atom. The summed E-state index contributed by atoms with van der Waals surface area (Å²) < 4.78 is 0. The molecule has 1 atom stereocenters. The molecule has 3 amide bonds. The van der Waals surface area contributed by atoms with Gasteiger partial charge in [0, 0.05) is 35.0 Å². The van der Waals surface area contributed by atoms with Gasteiger partial charge in [-0.15, -0.1) is 0 Å². The Morgan fingerprint density at radius 3 is 2.25 bits per heavy atom. The second kappa shape index (κ2) is 8.25. The van der Waals surface area contributed by atoms with Crippen molar-refractivity contribution in [2.24, 2.45) is 5.73 Å². The van der Waals surface area contributed by atoms with Crippen LogP contribution in [0, 0.1) is 6.92 Å². The lowest BCUT2D eigenvalue weighted by atomic mass is 10.0. The maximum Gasteiger partial charge on any atom is 0.255 e. The maximum atomic E-state index is 12.8. The number of amides is 3. The highest BCUT2D eigenvalue weighted by Crippen LogP contribution is 2.22. The molecule has 0 saturated carbocycles. The van der Waals surface area contributed by atoms with Crippen molar-refractivity contribution in [1.82, 2.24) is 4.90 Å². The van der Waals surface area contributed by atoms with E-state index in [1.807, 2.05) is 17.9 Å². The first-order valence-electron chi connectivity index (χ1n) is 9.49. The molecule has 6 heteroatoms. The van der Waals surface area contributed by atoms with E-state index >= 15 is 0 Å². The SMILES string of the molecule is Cc1cc(C(=O)N2CCCCC2C)ccc1NC(=O)c1ccc(C(N)=O)cc1. The molecule has 1 unspecified atom stereocenters. The predicted molar refractivity (Wildman–Crippen MR) is 108 cm³/mol. The number of benzene rings is 2. The van der Waals surface area contributed by atoms with Crippen LogP contribution < -0.4 is 11.1 Å². The second-order valence-corrected chi connectivity index (χ2v) is 7.27. The summed E-state index contributed by atoms with van der Waals surface area (Å²) in [6, 6.07) is 11.7. The van der Waals surface area contributed by atoms with Crippen LogP contribution in [-0.4, -0.2) is 35.2 Å². The summed E-state index contributed by atoms with van der Waals surface area (Å²) in [5.41, 5.74) is 8.08. The third-order valence-electron chi connectivity index (χ3n) is 5.22. The van der Waals surface area contributed by atoms with Crippen LogP contribution in [0.4, 0.5) is 5.69 Å². The molecule has 1 aliphatic rings. The molecule has 28 heavy (non-hydrogen) atoms. The number of anilines is 1. The molecule has 3 N–H and O–H groups in total. The lowest BCUT2D eigenvalue weighted by Crippen LogP contribution is -2.42. The molecule has 0 aromatic heterocycles. The van der Waals surface area contributed by atoms with Gasteiger partial charge in [0.25, 0.3) is 11.8 Å². The van der Waals surface area contributed by atoms with Crippen molar-refractivity contribution in [2.75, 3.05) is 11.9 Å². The zero-order valence-electron chi connectivity index (χ0n) is 16.2. The highest BCUT2D eigenvalue weighted by atomic mass is 16.2. The number of piperidine rings is 1. The molecule has 1 aliphatic heterocycles. The van der Waals surface area contributed by atoms with Crippen molar-refractivity contribution in [1.29, 1.82) is 0 Å². The minimum atomic E-state index is -0.536. The van der Waals surface area contributed by atoms with E-state index < -0.39 is 5.91 Å². The number of hydrogen-bond acceptors (Lipinski definition) is 3. The van der Waals surface area contributed by atoms with Gasteiger partial charge in [-0.1, -0.05) is 0 Å². The number of primary amides is 1. The fraction of sp³-hybridized carbons (Fsp3) is 0.318. The number of rotatable bonds is 4. The van der Waals surface area contributed by atoms with E-state index in [9.17, 15) is 14.4 Å². The Labute approximate surface area is 164 Å². The number of nitrogens with two attached hydrogens (primary N) is 1. The average Bonchev–Trinajstić information content (AvgIpc) is 2.69. The van der Waals surface area contributed by atoms with Gasteiger partial charge in [-0.2, -0.15) is 0 Å². The van der Waals surface area contributed by atoms with Gasteiger partial charge in [-0.05, 0) is 81.1 Å². The standard InChI is InChI=1S/C22H25N3O3/c1-14-13-18(22(28)25-12-4-3-5-15(25)2)10-11-19(14)24-21(27)17-8-6-16(7-9-17)20(23)26/h6-11,13,15H,3-5,12H2,1-2H3,(H2,23,26)(H,24,27). The van der Waals surface area contributed by atoms with Crippen LogP contribution in [0.3, 0.4) is 0 Å². The summed E-state index contributed by atoms with van der Waals surface area (Å²) in [6.07, 6.45) is 3.24. The van der Waals surface area contributed by atoms with Crippen molar-refractivity contribution in [2.45, 2.75) is 39.2 Å². The first-order valence-corrected chi connectivity index (χ1v) is 9.49. The average molecular weight is 379 g/mol. The number of aryl methyl sites for hydroxylation is 1. The van der Waals surface area contributed by atoms with Crippen molar-refractivity contribution in [3.05, 3.63) is 64.7 Å². The third kappa shape index (κ3) is 4.22. The van der Waals surface area contributed by atoms with E-state index in [1.165, 1.54) is 12.1 Å². The smallest absolute Gasteiger partial charge is 0.255 e. The molecule has 3 rings (SSSR count). The molecule has 1 fully saturated rings. The molecule has 2 aromatic rings. The normalized spacial score (nSPS) is 16.5. The second-order valence-electron chi connectivity index (χ2n) is 7.27. The number of carbonyl (C=O) groups excluding carboxylic acids is 3. The van der Waals surface area contributed by atoms with Crippen molar-refractivity contribution in [3.63, 3.8) is 0 Å². The zero-order chi connectivity index (χ0) is 20.3. The van der Waals surface area contributed by atoms with Gasteiger partial charge in [-0.3, -0.25) is 14.4 Å². The molecular weight excluding hydrogens is 354 g/mol. The summed E-state index contributed by atoms with van der Waals surface area (Å²) in [5, 5.41) is 2.85. The minimum absolute atomic E-state index is 0.0372. The molecule has 0 radical (unpaired) electrons. The molecule has 0 bridgehead atoms. The number of hydrogen-bond donors (Lipinski definition) is 2. The molecular formula is C22H25N3O3. The molecule has 0 aliphatic carbocycles. The highest BCUT2D eigenvalue weighted by molar-refractivity contribution is 6.05. The lowest BCUT2D eigenvalue weighted by Gasteiger charge is -2.33. The van der Waals surface area contributed by atoms with Crippen LogP contribution in [0.1, 0.15) is 62.8 Å².